The van der Waals surface area contributed by atoms with E-state index in [4.69, 9.17) is 0 Å². The molecular formula is C27H33F3N4O3. The molecule has 1 aliphatic heterocycles. The Kier molecular flexibility index (Phi) is 7.89. The average Bonchev–Trinajstić information content (AvgIpc) is 3.22. The van der Waals surface area contributed by atoms with Crippen LogP contribution in [0.4, 0.5) is 13.2 Å². The molecule has 10 heteroatoms. The molecule has 0 bridgehead atoms. The molecule has 2 fully saturated rings. The van der Waals surface area contributed by atoms with Gasteiger partial charge in [-0.2, -0.15) is 13.2 Å². The smallest absolute Gasteiger partial charge is 0.385 e. The van der Waals surface area contributed by atoms with Crippen LogP contribution in [0.3, 0.4) is 0 Å². The Morgan fingerprint density at radius 3 is 2.57 bits per heavy atom. The van der Waals surface area contributed by atoms with Crippen LogP contribution in [0.25, 0.3) is 0 Å². The Morgan fingerprint density at radius 1 is 1.19 bits per heavy atom. The number of carbonyl (C=O) groups excluding carboxylic acids is 2. The number of aliphatic hydroxyl groups is 1. The fraction of sp³-hybridized carbons (Fsp3) is 0.519. The summed E-state index contributed by atoms with van der Waals surface area (Å²) in [6, 6.07) is 8.42. The normalized spacial score (nSPS) is 26.6. The van der Waals surface area contributed by atoms with Gasteiger partial charge in [-0.15, -0.1) is 0 Å². The fourth-order valence-electron chi connectivity index (χ4n) is 5.49. The van der Waals surface area contributed by atoms with Crippen LogP contribution in [0.1, 0.15) is 66.2 Å². The number of hydrogen-bond donors (Lipinski definition) is 3. The summed E-state index contributed by atoms with van der Waals surface area (Å²) in [5, 5.41) is 16.5. The van der Waals surface area contributed by atoms with E-state index < -0.39 is 23.2 Å². The number of hydrogen-bond acceptors (Lipinski definition) is 5. The SMILES string of the molecule is Cc1ccc(C2(O)CCC(N3CC(NC(=O)CNC(=O)c4cccc(C(F)(F)F)c4)CC3C)CC2)cn1. The van der Waals surface area contributed by atoms with Crippen molar-refractivity contribution in [3.05, 3.63) is 65.0 Å². The number of likely N-dealkylation sites (tertiary alicyclic amines) is 1. The van der Waals surface area contributed by atoms with E-state index in [0.29, 0.717) is 25.4 Å². The van der Waals surface area contributed by atoms with Gasteiger partial charge in [0, 0.05) is 47.7 Å². The second-order valence-corrected chi connectivity index (χ2v) is 10.3. The number of benzene rings is 1. The van der Waals surface area contributed by atoms with Gasteiger partial charge >= 0.3 is 6.18 Å². The zero-order chi connectivity index (χ0) is 26.8. The molecule has 2 amide bonds. The van der Waals surface area contributed by atoms with Crippen molar-refractivity contribution in [2.45, 2.75) is 75.9 Å². The minimum absolute atomic E-state index is 0.0879. The molecule has 2 heterocycles. The molecule has 1 saturated carbocycles. The van der Waals surface area contributed by atoms with Crippen molar-refractivity contribution in [3.63, 3.8) is 0 Å². The molecule has 2 atom stereocenters. The molecule has 2 aliphatic rings. The minimum atomic E-state index is -4.55. The molecule has 3 N–H and O–H groups in total. The lowest BCUT2D eigenvalue weighted by Gasteiger charge is -2.41. The third kappa shape index (κ3) is 6.48. The largest absolute Gasteiger partial charge is 0.416 e. The summed E-state index contributed by atoms with van der Waals surface area (Å²) in [6.07, 6.45) is 0.925. The van der Waals surface area contributed by atoms with Crippen molar-refractivity contribution in [2.24, 2.45) is 0 Å². The Morgan fingerprint density at radius 2 is 1.92 bits per heavy atom. The molecule has 1 aromatic heterocycles. The summed E-state index contributed by atoms with van der Waals surface area (Å²) < 4.78 is 38.7. The molecular weight excluding hydrogens is 485 g/mol. The Bertz CT molecular complexity index is 1110. The first-order valence-corrected chi connectivity index (χ1v) is 12.6. The van der Waals surface area contributed by atoms with Gasteiger partial charge in [0.05, 0.1) is 17.7 Å². The van der Waals surface area contributed by atoms with Gasteiger partial charge in [0.2, 0.25) is 5.91 Å². The lowest BCUT2D eigenvalue weighted by atomic mass is 9.77. The quantitative estimate of drug-likeness (QED) is 0.544. The van der Waals surface area contributed by atoms with Crippen molar-refractivity contribution in [3.8, 4) is 0 Å². The first kappa shape index (κ1) is 27.1. The number of pyridine rings is 1. The first-order chi connectivity index (χ1) is 17.4. The number of nitrogens with zero attached hydrogens (tertiary/aromatic N) is 2. The number of nitrogens with one attached hydrogen (secondary N) is 2. The number of halogens is 3. The highest BCUT2D eigenvalue weighted by Gasteiger charge is 2.41. The molecule has 1 aliphatic carbocycles. The zero-order valence-corrected chi connectivity index (χ0v) is 21.0. The molecule has 200 valence electrons. The van der Waals surface area contributed by atoms with E-state index in [0.717, 1.165) is 48.7 Å². The minimum Gasteiger partial charge on any atom is -0.385 e. The van der Waals surface area contributed by atoms with E-state index >= 15 is 0 Å². The second kappa shape index (κ2) is 10.8. The molecule has 1 aromatic carbocycles. The van der Waals surface area contributed by atoms with Gasteiger partial charge in [0.15, 0.2) is 0 Å². The van der Waals surface area contributed by atoms with Crippen molar-refractivity contribution in [2.75, 3.05) is 13.1 Å². The summed E-state index contributed by atoms with van der Waals surface area (Å²) in [6.45, 7) is 4.38. The van der Waals surface area contributed by atoms with Crippen LogP contribution in [0.2, 0.25) is 0 Å². The van der Waals surface area contributed by atoms with Gasteiger partial charge < -0.3 is 15.7 Å². The Hall–Kier alpha value is -2.98. The van der Waals surface area contributed by atoms with Gasteiger partial charge in [0.25, 0.3) is 5.91 Å². The van der Waals surface area contributed by atoms with Crippen LogP contribution in [-0.2, 0) is 16.6 Å². The highest BCUT2D eigenvalue weighted by molar-refractivity contribution is 5.96. The number of aromatic nitrogens is 1. The zero-order valence-electron chi connectivity index (χ0n) is 21.0. The standard InChI is InChI=1S/C27H33F3N4O3/c1-17-6-7-21(14-31-17)26(37)10-8-23(9-11-26)34-16-22(12-18(34)2)33-24(35)15-32-25(36)19-4-3-5-20(13-19)27(28,29)30/h3-7,13-14,18,22-23,37H,8-12,15-16H2,1-2H3,(H,32,36)(H,33,35). The van der Waals surface area contributed by atoms with E-state index in [1.165, 1.54) is 6.07 Å². The van der Waals surface area contributed by atoms with Crippen LogP contribution in [0.5, 0.6) is 0 Å². The van der Waals surface area contributed by atoms with Gasteiger partial charge in [-0.05, 0) is 70.2 Å². The average molecular weight is 519 g/mol. The van der Waals surface area contributed by atoms with Crippen molar-refractivity contribution < 1.29 is 27.9 Å². The van der Waals surface area contributed by atoms with Crippen molar-refractivity contribution in [1.82, 2.24) is 20.5 Å². The Labute approximate surface area is 214 Å². The molecule has 1 saturated heterocycles. The molecule has 0 spiro atoms. The third-order valence-corrected chi connectivity index (χ3v) is 7.55. The van der Waals surface area contributed by atoms with E-state index in [-0.39, 0.29) is 30.1 Å². The fourth-order valence-corrected chi connectivity index (χ4v) is 5.49. The van der Waals surface area contributed by atoms with E-state index in [9.17, 15) is 27.9 Å². The van der Waals surface area contributed by atoms with Crippen molar-refractivity contribution in [1.29, 1.82) is 0 Å². The van der Waals surface area contributed by atoms with Gasteiger partial charge in [0.1, 0.15) is 0 Å². The van der Waals surface area contributed by atoms with Crippen LogP contribution in [0, 0.1) is 6.92 Å². The lowest BCUT2D eigenvalue weighted by molar-refractivity contribution is -0.137. The molecule has 37 heavy (non-hydrogen) atoms. The van der Waals surface area contributed by atoms with E-state index in [1.54, 1.807) is 6.20 Å². The predicted molar refractivity (Wildman–Crippen MR) is 132 cm³/mol. The van der Waals surface area contributed by atoms with Crippen molar-refractivity contribution >= 4 is 11.8 Å². The summed E-state index contributed by atoms with van der Waals surface area (Å²) >= 11 is 0. The lowest BCUT2D eigenvalue weighted by Crippen LogP contribution is -2.46. The summed E-state index contributed by atoms with van der Waals surface area (Å²) in [5.41, 5.74) is -0.173. The molecule has 7 nitrogen and oxygen atoms in total. The monoisotopic (exact) mass is 518 g/mol. The van der Waals surface area contributed by atoms with Crippen LogP contribution < -0.4 is 10.6 Å². The predicted octanol–water partition coefficient (Wildman–Crippen LogP) is 3.55. The summed E-state index contributed by atoms with van der Waals surface area (Å²) in [5.74, 6) is -1.12. The molecule has 4 rings (SSSR count). The van der Waals surface area contributed by atoms with E-state index in [2.05, 4.69) is 27.4 Å². The number of aryl methyl sites for hydroxylation is 1. The number of carbonyl (C=O) groups is 2. The summed E-state index contributed by atoms with van der Waals surface area (Å²) in [7, 11) is 0. The number of rotatable bonds is 6. The van der Waals surface area contributed by atoms with Crippen LogP contribution >= 0.6 is 0 Å². The Balaban J connectivity index is 1.25. The first-order valence-electron chi connectivity index (χ1n) is 12.6. The summed E-state index contributed by atoms with van der Waals surface area (Å²) in [4.78, 5) is 31.4. The molecule has 0 radical (unpaired) electrons. The van der Waals surface area contributed by atoms with Crippen LogP contribution in [0.15, 0.2) is 42.6 Å². The topological polar surface area (TPSA) is 94.6 Å². The van der Waals surface area contributed by atoms with Crippen LogP contribution in [-0.4, -0.2) is 58.0 Å². The molecule has 2 unspecified atom stereocenters. The highest BCUT2D eigenvalue weighted by atomic mass is 19.4. The maximum Gasteiger partial charge on any atom is 0.416 e. The third-order valence-electron chi connectivity index (χ3n) is 7.55. The molecule has 2 aromatic rings. The van der Waals surface area contributed by atoms with Gasteiger partial charge in [-0.3, -0.25) is 19.5 Å². The van der Waals surface area contributed by atoms with E-state index in [1.807, 2.05) is 19.1 Å². The maximum absolute atomic E-state index is 12.9. The number of alkyl halides is 3. The second-order valence-electron chi connectivity index (χ2n) is 10.3. The number of amides is 2. The highest BCUT2D eigenvalue weighted by Crippen LogP contribution is 2.40. The maximum atomic E-state index is 12.9. The van der Waals surface area contributed by atoms with Gasteiger partial charge in [-0.1, -0.05) is 12.1 Å². The van der Waals surface area contributed by atoms with Gasteiger partial charge in [-0.25, -0.2) is 0 Å².